The molecule has 5 rings (SSSR count). The first-order valence-corrected chi connectivity index (χ1v) is 9.88. The van der Waals surface area contributed by atoms with Gasteiger partial charge in [0, 0.05) is 31.5 Å². The quantitative estimate of drug-likeness (QED) is 0.672. The van der Waals surface area contributed by atoms with Crippen LogP contribution in [0, 0.1) is 0 Å². The van der Waals surface area contributed by atoms with E-state index in [0.29, 0.717) is 39.0 Å². The Morgan fingerprint density at radius 3 is 2.57 bits per heavy atom. The number of rotatable bonds is 2. The van der Waals surface area contributed by atoms with Crippen molar-refractivity contribution in [3.05, 3.63) is 77.9 Å². The van der Waals surface area contributed by atoms with E-state index >= 15 is 0 Å². The summed E-state index contributed by atoms with van der Waals surface area (Å²) < 4.78 is 12.3. The topological polar surface area (TPSA) is 38.8 Å². The largest absolute Gasteiger partial charge is 0.462 e. The van der Waals surface area contributed by atoms with Crippen LogP contribution in [0.15, 0.2) is 66.7 Å². The molecule has 0 radical (unpaired) electrons. The van der Waals surface area contributed by atoms with Crippen LogP contribution in [-0.4, -0.2) is 29.7 Å². The molecule has 0 bridgehead atoms. The first-order chi connectivity index (χ1) is 13.7. The smallest absolute Gasteiger partial charge is 0.227 e. The molecule has 28 heavy (non-hydrogen) atoms. The van der Waals surface area contributed by atoms with E-state index < -0.39 is 5.79 Å². The highest BCUT2D eigenvalue weighted by atomic mass is 16.7. The summed E-state index contributed by atoms with van der Waals surface area (Å²) in [6, 6.07) is 22.4. The molecular weight excluding hydrogens is 350 g/mol. The lowest BCUT2D eigenvalue weighted by Gasteiger charge is -2.44. The zero-order valence-corrected chi connectivity index (χ0v) is 15.8. The lowest BCUT2D eigenvalue weighted by atomic mass is 9.99. The van der Waals surface area contributed by atoms with Crippen molar-refractivity contribution in [3.63, 3.8) is 0 Å². The number of ether oxygens (including phenoxy) is 2. The first kappa shape index (κ1) is 17.3. The van der Waals surface area contributed by atoms with E-state index in [1.807, 2.05) is 47.4 Å². The zero-order chi connectivity index (χ0) is 19.0. The molecule has 3 aromatic carbocycles. The molecule has 4 nitrogen and oxygen atoms in total. The van der Waals surface area contributed by atoms with Gasteiger partial charge in [-0.25, -0.2) is 0 Å². The van der Waals surface area contributed by atoms with Crippen LogP contribution in [0.25, 0.3) is 10.8 Å². The Bertz CT molecular complexity index is 1020. The average Bonchev–Trinajstić information content (AvgIpc) is 2.74. The van der Waals surface area contributed by atoms with Crippen LogP contribution in [-0.2, 0) is 22.6 Å². The summed E-state index contributed by atoms with van der Waals surface area (Å²) in [5.41, 5.74) is 2.17. The van der Waals surface area contributed by atoms with E-state index in [0.717, 1.165) is 22.3 Å². The third-order valence-electron chi connectivity index (χ3n) is 5.86. The normalized spacial score (nSPS) is 17.9. The van der Waals surface area contributed by atoms with Gasteiger partial charge >= 0.3 is 0 Å². The van der Waals surface area contributed by atoms with Crippen LogP contribution >= 0.6 is 0 Å². The van der Waals surface area contributed by atoms with Crippen molar-refractivity contribution in [3.8, 4) is 5.75 Å². The predicted octanol–water partition coefficient (Wildman–Crippen LogP) is 4.31. The molecule has 0 aromatic heterocycles. The third kappa shape index (κ3) is 3.14. The summed E-state index contributed by atoms with van der Waals surface area (Å²) in [6.07, 6.45) is 1.82. The second-order valence-electron chi connectivity index (χ2n) is 7.60. The number of hydrogen-bond acceptors (Lipinski definition) is 3. The van der Waals surface area contributed by atoms with Gasteiger partial charge in [-0.15, -0.1) is 0 Å². The summed E-state index contributed by atoms with van der Waals surface area (Å²) in [4.78, 5) is 14.9. The number of benzene rings is 3. The van der Waals surface area contributed by atoms with E-state index in [9.17, 15) is 4.79 Å². The van der Waals surface area contributed by atoms with E-state index in [2.05, 4.69) is 24.3 Å². The molecule has 2 heterocycles. The van der Waals surface area contributed by atoms with Crippen LogP contribution in [0.5, 0.6) is 5.75 Å². The summed E-state index contributed by atoms with van der Waals surface area (Å²) in [7, 11) is 0. The molecular formula is C24H23NO3. The highest BCUT2D eigenvalue weighted by Crippen LogP contribution is 2.37. The van der Waals surface area contributed by atoms with Crippen molar-refractivity contribution < 1.29 is 14.3 Å². The van der Waals surface area contributed by atoms with Gasteiger partial charge in [0.1, 0.15) is 5.75 Å². The Kier molecular flexibility index (Phi) is 4.29. The molecule has 1 amide bonds. The SMILES string of the molecule is O=C(Cc1cccc2ccccc12)N1CCC2(CC1)OCc1ccccc1O2. The molecule has 0 N–H and O–H groups in total. The Labute approximate surface area is 164 Å². The molecule has 142 valence electrons. The Hall–Kier alpha value is -2.85. The fourth-order valence-corrected chi connectivity index (χ4v) is 4.23. The number of hydrogen-bond donors (Lipinski definition) is 0. The van der Waals surface area contributed by atoms with Gasteiger partial charge in [0.25, 0.3) is 0 Å². The molecule has 0 aliphatic carbocycles. The average molecular weight is 373 g/mol. The van der Waals surface area contributed by atoms with E-state index in [1.54, 1.807) is 0 Å². The first-order valence-electron chi connectivity index (χ1n) is 9.88. The Morgan fingerprint density at radius 2 is 1.68 bits per heavy atom. The van der Waals surface area contributed by atoms with Gasteiger partial charge in [0.15, 0.2) is 0 Å². The van der Waals surface area contributed by atoms with Crippen molar-refractivity contribution in [2.45, 2.75) is 31.7 Å². The summed E-state index contributed by atoms with van der Waals surface area (Å²) >= 11 is 0. The number of carbonyl (C=O) groups excluding carboxylic acids is 1. The molecule has 3 aromatic rings. The fourth-order valence-electron chi connectivity index (χ4n) is 4.23. The second kappa shape index (κ2) is 6.95. The minimum absolute atomic E-state index is 0.169. The van der Waals surface area contributed by atoms with Crippen LogP contribution in [0.3, 0.4) is 0 Å². The lowest BCUT2D eigenvalue weighted by Crippen LogP contribution is -2.52. The number of nitrogens with zero attached hydrogens (tertiary/aromatic N) is 1. The maximum absolute atomic E-state index is 12.9. The Morgan fingerprint density at radius 1 is 0.929 bits per heavy atom. The van der Waals surface area contributed by atoms with Crippen molar-refractivity contribution >= 4 is 16.7 Å². The molecule has 0 unspecified atom stereocenters. The number of para-hydroxylation sites is 1. The van der Waals surface area contributed by atoms with Gasteiger partial charge in [-0.1, -0.05) is 60.7 Å². The van der Waals surface area contributed by atoms with Crippen LogP contribution in [0.2, 0.25) is 0 Å². The lowest BCUT2D eigenvalue weighted by molar-refractivity contribution is -0.227. The fraction of sp³-hybridized carbons (Fsp3) is 0.292. The minimum Gasteiger partial charge on any atom is -0.462 e. The molecule has 1 fully saturated rings. The standard InChI is InChI=1S/C24H23NO3/c26-23(16-19-9-5-8-18-6-1-3-10-21(18)19)25-14-12-24(13-15-25)27-17-20-7-2-4-11-22(20)28-24/h1-11H,12-17H2. The Balaban J connectivity index is 1.26. The molecule has 0 saturated carbocycles. The van der Waals surface area contributed by atoms with Crippen molar-refractivity contribution in [1.82, 2.24) is 4.90 Å². The van der Waals surface area contributed by atoms with Crippen molar-refractivity contribution in [1.29, 1.82) is 0 Å². The number of likely N-dealkylation sites (tertiary alicyclic amines) is 1. The molecule has 2 aliphatic rings. The third-order valence-corrected chi connectivity index (χ3v) is 5.86. The minimum atomic E-state index is -0.593. The monoisotopic (exact) mass is 373 g/mol. The maximum Gasteiger partial charge on any atom is 0.227 e. The summed E-state index contributed by atoms with van der Waals surface area (Å²) in [5, 5.41) is 2.33. The molecule has 4 heteroatoms. The highest BCUT2D eigenvalue weighted by molar-refractivity contribution is 5.90. The van der Waals surface area contributed by atoms with Crippen molar-refractivity contribution in [2.24, 2.45) is 0 Å². The van der Waals surface area contributed by atoms with Gasteiger partial charge in [-0.05, 0) is 22.4 Å². The van der Waals surface area contributed by atoms with Crippen LogP contribution < -0.4 is 4.74 Å². The number of fused-ring (bicyclic) bond motifs is 2. The van der Waals surface area contributed by atoms with Gasteiger partial charge in [-0.2, -0.15) is 0 Å². The zero-order valence-electron chi connectivity index (χ0n) is 15.8. The van der Waals surface area contributed by atoms with Gasteiger partial charge in [-0.3, -0.25) is 4.79 Å². The predicted molar refractivity (Wildman–Crippen MR) is 108 cm³/mol. The van der Waals surface area contributed by atoms with Gasteiger partial charge < -0.3 is 14.4 Å². The number of piperidine rings is 1. The van der Waals surface area contributed by atoms with Crippen LogP contribution in [0.4, 0.5) is 0 Å². The van der Waals surface area contributed by atoms with Gasteiger partial charge in [0.05, 0.1) is 13.0 Å². The van der Waals surface area contributed by atoms with Crippen LogP contribution in [0.1, 0.15) is 24.0 Å². The van der Waals surface area contributed by atoms with E-state index in [4.69, 9.17) is 9.47 Å². The molecule has 2 aliphatic heterocycles. The molecule has 1 spiro atoms. The van der Waals surface area contributed by atoms with E-state index in [-0.39, 0.29) is 5.91 Å². The maximum atomic E-state index is 12.9. The van der Waals surface area contributed by atoms with Crippen molar-refractivity contribution in [2.75, 3.05) is 13.1 Å². The van der Waals surface area contributed by atoms with E-state index in [1.165, 1.54) is 5.39 Å². The molecule has 0 atom stereocenters. The summed E-state index contributed by atoms with van der Waals surface area (Å²) in [6.45, 7) is 1.89. The number of amides is 1. The number of carbonyl (C=O) groups is 1. The molecule has 1 saturated heterocycles. The van der Waals surface area contributed by atoms with Gasteiger partial charge in [0.2, 0.25) is 11.7 Å². The summed E-state index contributed by atoms with van der Waals surface area (Å²) in [5.74, 6) is 0.483. The second-order valence-corrected chi connectivity index (χ2v) is 7.60. The highest BCUT2D eigenvalue weighted by Gasteiger charge is 2.41.